The third kappa shape index (κ3) is 5.64. The van der Waals surface area contributed by atoms with E-state index in [0.717, 1.165) is 20.9 Å². The number of carboxylic acids is 1. The molecule has 4 heteroatoms. The number of carbonyl (C=O) groups is 1. The summed E-state index contributed by atoms with van der Waals surface area (Å²) in [5, 5.41) is 9.84. The summed E-state index contributed by atoms with van der Waals surface area (Å²) in [5.41, 5.74) is 1.82. The number of carboxylic acid groups (broad SMARTS) is 1. The van der Waals surface area contributed by atoms with Gasteiger partial charge in [0.15, 0.2) is 6.10 Å². The maximum absolute atomic E-state index is 12.0. The summed E-state index contributed by atoms with van der Waals surface area (Å²) in [6.45, 7) is 6.28. The first-order valence-corrected chi connectivity index (χ1v) is 10.5. The van der Waals surface area contributed by atoms with Crippen molar-refractivity contribution in [3.8, 4) is 5.75 Å². The maximum Gasteiger partial charge on any atom is 0.345 e. The number of hydrogen-bond donors (Lipinski definition) is 1. The summed E-state index contributed by atoms with van der Waals surface area (Å²) >= 11 is 1.63. The summed E-state index contributed by atoms with van der Waals surface area (Å²) in [5.74, 6) is -0.339. The van der Waals surface area contributed by atoms with Crippen LogP contribution >= 0.6 is 11.8 Å². The molecule has 3 nitrogen and oxygen atoms in total. The molecule has 0 aliphatic heterocycles. The van der Waals surface area contributed by atoms with E-state index in [4.69, 9.17) is 4.74 Å². The zero-order chi connectivity index (χ0) is 20.9. The number of hydrogen-bond acceptors (Lipinski definition) is 3. The lowest BCUT2D eigenvalue weighted by Gasteiger charge is -2.25. The molecule has 0 radical (unpaired) electrons. The average molecular weight is 407 g/mol. The minimum absolute atomic E-state index is 0.138. The van der Waals surface area contributed by atoms with Crippen molar-refractivity contribution in [3.63, 3.8) is 0 Å². The summed E-state index contributed by atoms with van der Waals surface area (Å²) in [4.78, 5) is 14.2. The van der Waals surface area contributed by atoms with Gasteiger partial charge in [-0.2, -0.15) is 0 Å². The highest BCUT2D eigenvalue weighted by atomic mass is 32.2. The largest absolute Gasteiger partial charge is 0.478 e. The number of para-hydroxylation sites is 1. The maximum atomic E-state index is 12.0. The first kappa shape index (κ1) is 21.0. The molecule has 3 aromatic rings. The molecule has 150 valence electrons. The van der Waals surface area contributed by atoms with Crippen molar-refractivity contribution in [3.05, 3.63) is 90.0 Å². The quantitative estimate of drug-likeness (QED) is 0.507. The molecule has 0 spiro atoms. The molecule has 1 atom stereocenters. The number of rotatable bonds is 7. The van der Waals surface area contributed by atoms with Crippen LogP contribution in [0.25, 0.3) is 0 Å². The normalized spacial score (nSPS) is 12.4. The van der Waals surface area contributed by atoms with Crippen LogP contribution in [0.1, 0.15) is 31.9 Å². The van der Waals surface area contributed by atoms with E-state index < -0.39 is 12.1 Å². The van der Waals surface area contributed by atoms with Crippen LogP contribution in [0.15, 0.2) is 88.7 Å². The van der Waals surface area contributed by atoms with Crippen LogP contribution in [0.5, 0.6) is 5.75 Å². The zero-order valence-electron chi connectivity index (χ0n) is 17.0. The minimum atomic E-state index is -0.965. The van der Waals surface area contributed by atoms with Gasteiger partial charge >= 0.3 is 5.97 Å². The number of ether oxygens (including phenoxy) is 1. The fourth-order valence-electron chi connectivity index (χ4n) is 3.11. The lowest BCUT2D eigenvalue weighted by Crippen LogP contribution is -2.30. The second-order valence-electron chi connectivity index (χ2n) is 7.92. The second kappa shape index (κ2) is 9.19. The molecular formula is C25H26O3S. The van der Waals surface area contributed by atoms with Crippen molar-refractivity contribution in [2.45, 2.75) is 48.5 Å². The van der Waals surface area contributed by atoms with Gasteiger partial charge in [0.2, 0.25) is 0 Å². The van der Waals surface area contributed by atoms with Crippen molar-refractivity contribution in [2.75, 3.05) is 0 Å². The Morgan fingerprint density at radius 1 is 0.931 bits per heavy atom. The van der Waals surface area contributed by atoms with Gasteiger partial charge in [-0.1, -0.05) is 87.1 Å². The van der Waals surface area contributed by atoms with Crippen LogP contribution in [-0.4, -0.2) is 17.2 Å². The van der Waals surface area contributed by atoms with Gasteiger partial charge in [0.1, 0.15) is 5.75 Å². The molecule has 0 aliphatic rings. The summed E-state index contributed by atoms with van der Waals surface area (Å²) in [7, 11) is 0. The van der Waals surface area contributed by atoms with Crippen molar-refractivity contribution >= 4 is 17.7 Å². The Kier molecular flexibility index (Phi) is 6.65. The van der Waals surface area contributed by atoms with Crippen molar-refractivity contribution in [1.29, 1.82) is 0 Å². The molecule has 0 bridgehead atoms. The Morgan fingerprint density at radius 3 is 2.24 bits per heavy atom. The van der Waals surface area contributed by atoms with Crippen LogP contribution in [0, 0.1) is 0 Å². The molecule has 0 saturated heterocycles. The first-order chi connectivity index (χ1) is 13.8. The van der Waals surface area contributed by atoms with Gasteiger partial charge in [0, 0.05) is 16.2 Å². The molecule has 0 unspecified atom stereocenters. The van der Waals surface area contributed by atoms with Gasteiger partial charge in [0.05, 0.1) is 0 Å². The predicted octanol–water partition coefficient (Wildman–Crippen LogP) is 6.21. The Balaban J connectivity index is 1.85. The number of benzene rings is 3. The van der Waals surface area contributed by atoms with Gasteiger partial charge in [-0.3, -0.25) is 0 Å². The van der Waals surface area contributed by atoms with Gasteiger partial charge in [-0.25, -0.2) is 4.79 Å². The fraction of sp³-hybridized carbons (Fsp3) is 0.240. The van der Waals surface area contributed by atoms with E-state index in [1.807, 2.05) is 78.9 Å². The van der Waals surface area contributed by atoms with Crippen molar-refractivity contribution in [2.24, 2.45) is 0 Å². The highest BCUT2D eigenvalue weighted by molar-refractivity contribution is 7.99. The third-order valence-electron chi connectivity index (χ3n) is 4.59. The molecule has 0 saturated carbocycles. The van der Waals surface area contributed by atoms with Gasteiger partial charge < -0.3 is 9.84 Å². The fourth-order valence-corrected chi connectivity index (χ4v) is 4.09. The summed E-state index contributed by atoms with van der Waals surface area (Å²) in [6.07, 6.45) is -0.667. The molecule has 1 N–H and O–H groups in total. The summed E-state index contributed by atoms with van der Waals surface area (Å²) in [6, 6.07) is 25.7. The zero-order valence-corrected chi connectivity index (χ0v) is 17.8. The highest BCUT2D eigenvalue weighted by Gasteiger charge is 2.25. The molecular weight excluding hydrogens is 380 g/mol. The molecule has 0 aliphatic carbocycles. The van der Waals surface area contributed by atoms with Crippen molar-refractivity contribution in [1.82, 2.24) is 0 Å². The Hall–Kier alpha value is -2.72. The van der Waals surface area contributed by atoms with Crippen LogP contribution in [-0.2, 0) is 16.6 Å². The average Bonchev–Trinajstić information content (AvgIpc) is 2.69. The van der Waals surface area contributed by atoms with Gasteiger partial charge in [-0.05, 0) is 40.8 Å². The van der Waals surface area contributed by atoms with Gasteiger partial charge in [-0.15, -0.1) is 0 Å². The first-order valence-electron chi connectivity index (χ1n) is 9.64. The minimum Gasteiger partial charge on any atom is -0.478 e. The highest BCUT2D eigenvalue weighted by Crippen LogP contribution is 2.34. The lowest BCUT2D eigenvalue weighted by molar-refractivity contribution is -0.145. The lowest BCUT2D eigenvalue weighted by atomic mass is 9.86. The smallest absolute Gasteiger partial charge is 0.345 e. The molecule has 0 fully saturated rings. The molecule has 3 aromatic carbocycles. The van der Waals surface area contributed by atoms with Crippen LogP contribution in [0.2, 0.25) is 0 Å². The predicted molar refractivity (Wildman–Crippen MR) is 118 cm³/mol. The van der Waals surface area contributed by atoms with E-state index in [9.17, 15) is 9.90 Å². The molecule has 29 heavy (non-hydrogen) atoms. The van der Waals surface area contributed by atoms with E-state index in [1.54, 1.807) is 11.8 Å². The van der Waals surface area contributed by atoms with Crippen LogP contribution in [0.4, 0.5) is 0 Å². The van der Waals surface area contributed by atoms with E-state index in [0.29, 0.717) is 12.2 Å². The van der Waals surface area contributed by atoms with E-state index in [2.05, 4.69) is 20.8 Å². The Morgan fingerprint density at radius 2 is 1.55 bits per heavy atom. The van der Waals surface area contributed by atoms with Crippen LogP contribution < -0.4 is 4.74 Å². The topological polar surface area (TPSA) is 46.5 Å². The standard InChI is InChI=1S/C25H26O3S/c1-25(2,3)20-14-8-9-15-21(20)28-22(24(26)27)17-18-11-7-10-16-23(18)29-19-12-5-4-6-13-19/h4-16,22H,17H2,1-3H3,(H,26,27)/t22-/m1/s1. The Bertz CT molecular complexity index is 961. The van der Waals surface area contributed by atoms with Gasteiger partial charge in [0.25, 0.3) is 0 Å². The number of aliphatic carboxylic acids is 1. The Labute approximate surface area is 176 Å². The van der Waals surface area contributed by atoms with E-state index in [-0.39, 0.29) is 5.41 Å². The SMILES string of the molecule is CC(C)(C)c1ccccc1O[C@H](Cc1ccccc1Sc1ccccc1)C(=O)O. The molecule has 3 rings (SSSR count). The monoisotopic (exact) mass is 406 g/mol. The summed E-state index contributed by atoms with van der Waals surface area (Å²) < 4.78 is 6.03. The second-order valence-corrected chi connectivity index (χ2v) is 9.03. The molecule has 0 aromatic heterocycles. The third-order valence-corrected chi connectivity index (χ3v) is 5.71. The van der Waals surface area contributed by atoms with E-state index >= 15 is 0 Å². The van der Waals surface area contributed by atoms with E-state index in [1.165, 1.54) is 0 Å². The molecule has 0 amide bonds. The molecule has 0 heterocycles. The van der Waals surface area contributed by atoms with Crippen molar-refractivity contribution < 1.29 is 14.6 Å². The van der Waals surface area contributed by atoms with Crippen LogP contribution in [0.3, 0.4) is 0 Å².